The molecule has 164 valence electrons. The van der Waals surface area contributed by atoms with Gasteiger partial charge in [-0.3, -0.25) is 9.69 Å². The van der Waals surface area contributed by atoms with E-state index < -0.39 is 0 Å². The number of hydrogen-bond donors (Lipinski definition) is 1. The van der Waals surface area contributed by atoms with Gasteiger partial charge in [-0.15, -0.1) is 16.4 Å². The van der Waals surface area contributed by atoms with Crippen LogP contribution >= 0.6 is 11.3 Å². The van der Waals surface area contributed by atoms with Crippen molar-refractivity contribution >= 4 is 29.9 Å². The number of thiophene rings is 1. The van der Waals surface area contributed by atoms with Crippen LogP contribution in [0.1, 0.15) is 18.0 Å². The van der Waals surface area contributed by atoms with E-state index in [0.717, 1.165) is 23.5 Å². The molecule has 0 aliphatic carbocycles. The minimum atomic E-state index is -0.274. The van der Waals surface area contributed by atoms with E-state index >= 15 is 0 Å². The molecule has 1 amide bonds. The highest BCUT2D eigenvalue weighted by Gasteiger charge is 2.23. The van der Waals surface area contributed by atoms with Crippen LogP contribution in [-0.4, -0.2) is 58.4 Å². The SMILES string of the molecule is O=C(CCn1c([S-])nnc1-c1cccs1)NCC(c1ccc(F)cc1)N1CCOCC1. The quantitative estimate of drug-likeness (QED) is 0.521. The van der Waals surface area contributed by atoms with Crippen LogP contribution in [0.5, 0.6) is 0 Å². The molecule has 1 N–H and O–H groups in total. The van der Waals surface area contributed by atoms with Crippen molar-refractivity contribution in [1.82, 2.24) is 25.0 Å². The van der Waals surface area contributed by atoms with Crippen LogP contribution in [0.4, 0.5) is 4.39 Å². The van der Waals surface area contributed by atoms with E-state index in [1.807, 2.05) is 17.5 Å². The van der Waals surface area contributed by atoms with Gasteiger partial charge in [-0.05, 0) is 29.1 Å². The first-order chi connectivity index (χ1) is 15.1. The molecule has 4 rings (SSSR count). The Bertz CT molecular complexity index is 988. The Morgan fingerprint density at radius 2 is 2.00 bits per heavy atom. The third-order valence-corrected chi connectivity index (χ3v) is 6.42. The molecule has 1 aliphatic heterocycles. The number of ether oxygens (including phenoxy) is 1. The lowest BCUT2D eigenvalue weighted by Gasteiger charge is -2.35. The Morgan fingerprint density at radius 1 is 1.23 bits per heavy atom. The van der Waals surface area contributed by atoms with Crippen molar-refractivity contribution in [3.8, 4) is 10.7 Å². The van der Waals surface area contributed by atoms with E-state index in [1.165, 1.54) is 12.1 Å². The topological polar surface area (TPSA) is 72.3 Å². The molecule has 2 aromatic heterocycles. The highest BCUT2D eigenvalue weighted by atomic mass is 32.1. The maximum absolute atomic E-state index is 13.4. The minimum absolute atomic E-state index is 0.0421. The third kappa shape index (κ3) is 5.45. The predicted molar refractivity (Wildman–Crippen MR) is 118 cm³/mol. The van der Waals surface area contributed by atoms with Gasteiger partial charge in [-0.2, -0.15) is 5.10 Å². The smallest absolute Gasteiger partial charge is 0.221 e. The average Bonchev–Trinajstić information content (AvgIpc) is 3.44. The number of hydrogen-bond acceptors (Lipinski definition) is 7. The van der Waals surface area contributed by atoms with Crippen molar-refractivity contribution < 1.29 is 13.9 Å². The number of rotatable bonds is 8. The van der Waals surface area contributed by atoms with E-state index in [4.69, 9.17) is 17.4 Å². The fraction of sp³-hybridized carbons (Fsp3) is 0.381. The van der Waals surface area contributed by atoms with Crippen LogP contribution in [0.3, 0.4) is 0 Å². The summed E-state index contributed by atoms with van der Waals surface area (Å²) in [5, 5.41) is 13.5. The van der Waals surface area contributed by atoms with Crippen molar-refractivity contribution in [1.29, 1.82) is 0 Å². The van der Waals surface area contributed by atoms with Gasteiger partial charge in [-0.25, -0.2) is 4.39 Å². The number of halogens is 1. The van der Waals surface area contributed by atoms with Gasteiger partial charge in [0.05, 0.1) is 24.1 Å². The van der Waals surface area contributed by atoms with Crippen LogP contribution in [0.15, 0.2) is 46.9 Å². The van der Waals surface area contributed by atoms with Crippen LogP contribution < -0.4 is 5.32 Å². The van der Waals surface area contributed by atoms with Gasteiger partial charge in [-0.1, -0.05) is 18.2 Å². The molecule has 7 nitrogen and oxygen atoms in total. The Morgan fingerprint density at radius 3 is 2.71 bits per heavy atom. The molecule has 1 fully saturated rings. The number of nitrogens with one attached hydrogen (secondary N) is 1. The van der Waals surface area contributed by atoms with Gasteiger partial charge in [0.1, 0.15) is 5.82 Å². The van der Waals surface area contributed by atoms with Gasteiger partial charge < -0.3 is 27.2 Å². The first-order valence-electron chi connectivity index (χ1n) is 10.1. The number of amides is 1. The molecule has 1 aromatic carbocycles. The number of morpholine rings is 1. The van der Waals surface area contributed by atoms with Gasteiger partial charge in [0.25, 0.3) is 0 Å². The normalized spacial score (nSPS) is 15.6. The van der Waals surface area contributed by atoms with Crippen molar-refractivity contribution in [2.75, 3.05) is 32.8 Å². The first kappa shape index (κ1) is 21.8. The second-order valence-corrected chi connectivity index (χ2v) is 8.52. The average molecular weight is 461 g/mol. The summed E-state index contributed by atoms with van der Waals surface area (Å²) in [5.41, 5.74) is 0.968. The Hall–Kier alpha value is -2.40. The zero-order valence-corrected chi connectivity index (χ0v) is 18.5. The predicted octanol–water partition coefficient (Wildman–Crippen LogP) is 2.63. The fourth-order valence-electron chi connectivity index (χ4n) is 3.62. The second-order valence-electron chi connectivity index (χ2n) is 7.20. The van der Waals surface area contributed by atoms with Crippen LogP contribution in [0.25, 0.3) is 10.7 Å². The van der Waals surface area contributed by atoms with Crippen LogP contribution in [0.2, 0.25) is 0 Å². The highest BCUT2D eigenvalue weighted by Crippen LogP contribution is 2.24. The Kier molecular flexibility index (Phi) is 7.23. The molecule has 1 saturated heterocycles. The van der Waals surface area contributed by atoms with Gasteiger partial charge in [0.2, 0.25) is 5.91 Å². The monoisotopic (exact) mass is 460 g/mol. The zero-order chi connectivity index (χ0) is 21.6. The summed E-state index contributed by atoms with van der Waals surface area (Å²) in [6, 6.07) is 10.3. The third-order valence-electron chi connectivity index (χ3n) is 5.25. The van der Waals surface area contributed by atoms with Gasteiger partial charge in [0.15, 0.2) is 5.82 Å². The summed E-state index contributed by atoms with van der Waals surface area (Å²) < 4.78 is 20.6. The van der Waals surface area contributed by atoms with Crippen LogP contribution in [-0.2, 0) is 28.7 Å². The standard InChI is InChI=1S/C21H24FN5O2S2/c22-16-5-3-15(4-6-16)17(26-9-11-29-12-10-26)14-23-19(28)7-8-27-20(24-25-21(27)30)18-2-1-13-31-18/h1-6,13,17H,7-12,14H2,(H,23,28)(H,25,30)/p-1. The van der Waals surface area contributed by atoms with E-state index in [-0.39, 0.29) is 24.2 Å². The van der Waals surface area contributed by atoms with E-state index in [0.29, 0.717) is 37.3 Å². The lowest BCUT2D eigenvalue weighted by molar-refractivity contribution is -0.121. The van der Waals surface area contributed by atoms with E-state index in [9.17, 15) is 9.18 Å². The molecular weight excluding hydrogens is 437 g/mol. The first-order valence-corrected chi connectivity index (χ1v) is 11.4. The maximum atomic E-state index is 13.4. The van der Waals surface area contributed by atoms with Crippen LogP contribution in [0, 0.1) is 5.82 Å². The molecule has 1 atom stereocenters. The largest absolute Gasteiger partial charge is 0.740 e. The highest BCUT2D eigenvalue weighted by molar-refractivity contribution is 7.58. The molecule has 10 heteroatoms. The Labute approximate surface area is 189 Å². The molecule has 1 unspecified atom stereocenters. The molecule has 0 radical (unpaired) electrons. The van der Waals surface area contributed by atoms with Crippen molar-refractivity contribution in [3.05, 3.63) is 53.2 Å². The number of nitrogens with zero attached hydrogens (tertiary/aromatic N) is 4. The number of benzene rings is 1. The molecule has 0 saturated carbocycles. The second kappa shape index (κ2) is 10.3. The van der Waals surface area contributed by atoms with Gasteiger partial charge >= 0.3 is 0 Å². The minimum Gasteiger partial charge on any atom is -0.740 e. The fourth-order valence-corrected chi connectivity index (χ4v) is 4.56. The number of carbonyl (C=O) groups excluding carboxylic acids is 1. The molecule has 1 aliphatic rings. The van der Waals surface area contributed by atoms with Crippen molar-refractivity contribution in [3.63, 3.8) is 0 Å². The maximum Gasteiger partial charge on any atom is 0.221 e. The van der Waals surface area contributed by atoms with Crippen molar-refractivity contribution in [2.24, 2.45) is 0 Å². The summed E-state index contributed by atoms with van der Waals surface area (Å²) >= 11 is 6.83. The summed E-state index contributed by atoms with van der Waals surface area (Å²) in [7, 11) is 0. The summed E-state index contributed by atoms with van der Waals surface area (Å²) in [5.74, 6) is 0.328. The lowest BCUT2D eigenvalue weighted by Crippen LogP contribution is -2.43. The number of aromatic nitrogens is 3. The van der Waals surface area contributed by atoms with E-state index in [2.05, 4.69) is 20.4 Å². The Balaban J connectivity index is 1.38. The zero-order valence-electron chi connectivity index (χ0n) is 16.9. The molecule has 3 heterocycles. The molecular formula is C21H23FN5O2S2-. The summed E-state index contributed by atoms with van der Waals surface area (Å²) in [4.78, 5) is 15.8. The molecule has 0 bridgehead atoms. The summed E-state index contributed by atoms with van der Waals surface area (Å²) in [6.45, 7) is 3.66. The number of carbonyl (C=O) groups is 1. The van der Waals surface area contributed by atoms with Crippen molar-refractivity contribution in [2.45, 2.75) is 24.2 Å². The molecule has 31 heavy (non-hydrogen) atoms. The molecule has 0 spiro atoms. The lowest BCUT2D eigenvalue weighted by atomic mass is 10.0. The summed E-state index contributed by atoms with van der Waals surface area (Å²) in [6.07, 6.45) is 0.263. The van der Waals surface area contributed by atoms with E-state index in [1.54, 1.807) is 28.0 Å². The molecule has 3 aromatic rings. The van der Waals surface area contributed by atoms with Gasteiger partial charge in [0, 0.05) is 37.8 Å².